The number of anilines is 1. The van der Waals surface area contributed by atoms with E-state index in [0.29, 0.717) is 13.0 Å². The van der Waals surface area contributed by atoms with Gasteiger partial charge < -0.3 is 15.4 Å². The Morgan fingerprint density at radius 3 is 3.00 bits per heavy atom. The van der Waals surface area contributed by atoms with Crippen LogP contribution in [-0.4, -0.2) is 35.5 Å². The van der Waals surface area contributed by atoms with Gasteiger partial charge in [-0.05, 0) is 12.8 Å². The molecule has 1 unspecified atom stereocenters. The molecule has 0 bridgehead atoms. The molecule has 2 heterocycles. The number of hydrogen-bond acceptors (Lipinski definition) is 6. The van der Waals surface area contributed by atoms with Gasteiger partial charge in [-0.2, -0.15) is 4.98 Å². The predicted molar refractivity (Wildman–Crippen MR) is 67.1 cm³/mol. The summed E-state index contributed by atoms with van der Waals surface area (Å²) in [6, 6.07) is 2.20. The maximum atomic E-state index is 11.6. The molecule has 8 nitrogen and oxygen atoms in total. The summed E-state index contributed by atoms with van der Waals surface area (Å²) in [4.78, 5) is 26.0. The van der Waals surface area contributed by atoms with Gasteiger partial charge in [0, 0.05) is 18.7 Å². The average Bonchev–Trinajstić information content (AvgIpc) is 2.41. The summed E-state index contributed by atoms with van der Waals surface area (Å²) in [5.74, 6) is 0.126. The lowest BCUT2D eigenvalue weighted by atomic mass is 10.1. The first kappa shape index (κ1) is 13.1. The molecule has 1 saturated heterocycles. The first-order valence-corrected chi connectivity index (χ1v) is 5.85. The molecule has 1 fully saturated rings. The number of hydrogen-bond donors (Lipinski definition) is 2. The second-order valence-electron chi connectivity index (χ2n) is 4.11. The van der Waals surface area contributed by atoms with Gasteiger partial charge in [-0.3, -0.25) is 14.9 Å². The van der Waals surface area contributed by atoms with E-state index in [0.717, 1.165) is 6.42 Å². The van der Waals surface area contributed by atoms with E-state index in [9.17, 15) is 14.9 Å². The molecule has 0 radical (unpaired) electrons. The van der Waals surface area contributed by atoms with Crippen LogP contribution in [0.5, 0.6) is 5.88 Å². The van der Waals surface area contributed by atoms with Crippen LogP contribution in [0.2, 0.25) is 0 Å². The lowest BCUT2D eigenvalue weighted by Gasteiger charge is -2.23. The summed E-state index contributed by atoms with van der Waals surface area (Å²) in [5.41, 5.74) is -0.181. The summed E-state index contributed by atoms with van der Waals surface area (Å²) < 4.78 is 4.93. The Morgan fingerprint density at radius 2 is 2.37 bits per heavy atom. The Bertz CT molecular complexity index is 505. The first-order valence-electron chi connectivity index (χ1n) is 5.85. The summed E-state index contributed by atoms with van der Waals surface area (Å²) in [6.07, 6.45) is 1.43. The van der Waals surface area contributed by atoms with Crippen LogP contribution >= 0.6 is 0 Å². The minimum atomic E-state index is -0.546. The largest absolute Gasteiger partial charge is 0.481 e. The fourth-order valence-corrected chi connectivity index (χ4v) is 1.88. The van der Waals surface area contributed by atoms with Crippen molar-refractivity contribution in [2.24, 2.45) is 0 Å². The fraction of sp³-hybridized carbons (Fsp3) is 0.455. The van der Waals surface area contributed by atoms with Crippen LogP contribution in [0.4, 0.5) is 11.5 Å². The van der Waals surface area contributed by atoms with Crippen molar-refractivity contribution in [3.8, 4) is 5.88 Å². The molecule has 1 atom stereocenters. The molecule has 2 rings (SSSR count). The molecule has 0 aliphatic carbocycles. The number of nitro groups is 1. The van der Waals surface area contributed by atoms with Gasteiger partial charge in [-0.25, -0.2) is 0 Å². The van der Waals surface area contributed by atoms with Crippen molar-refractivity contribution < 1.29 is 14.5 Å². The number of ether oxygens (including phenoxy) is 1. The number of carbonyl (C=O) groups excluding carboxylic acids is 1. The van der Waals surface area contributed by atoms with Crippen LogP contribution in [0.15, 0.2) is 12.1 Å². The van der Waals surface area contributed by atoms with E-state index in [2.05, 4.69) is 15.6 Å². The number of pyridine rings is 1. The summed E-state index contributed by atoms with van der Waals surface area (Å²) in [5, 5.41) is 16.4. The van der Waals surface area contributed by atoms with Crippen LogP contribution < -0.4 is 15.4 Å². The van der Waals surface area contributed by atoms with Crippen molar-refractivity contribution in [2.75, 3.05) is 19.0 Å². The third kappa shape index (κ3) is 2.90. The second-order valence-corrected chi connectivity index (χ2v) is 4.11. The smallest absolute Gasteiger partial charge is 0.311 e. The van der Waals surface area contributed by atoms with E-state index in [-0.39, 0.29) is 23.3 Å². The van der Waals surface area contributed by atoms with E-state index in [4.69, 9.17) is 4.74 Å². The van der Waals surface area contributed by atoms with Crippen LogP contribution in [0.25, 0.3) is 0 Å². The van der Waals surface area contributed by atoms with Crippen molar-refractivity contribution in [3.05, 3.63) is 22.2 Å². The number of amides is 1. The number of methoxy groups -OCH3 is 1. The highest BCUT2D eigenvalue weighted by molar-refractivity contribution is 5.85. The Kier molecular flexibility index (Phi) is 3.79. The highest BCUT2D eigenvalue weighted by Crippen LogP contribution is 2.26. The molecule has 1 aliphatic rings. The van der Waals surface area contributed by atoms with Gasteiger partial charge in [0.05, 0.1) is 12.0 Å². The Hall–Kier alpha value is -2.38. The molecule has 1 aliphatic heterocycles. The number of carbonyl (C=O) groups is 1. The van der Waals surface area contributed by atoms with Gasteiger partial charge in [0.1, 0.15) is 6.04 Å². The Labute approximate surface area is 109 Å². The van der Waals surface area contributed by atoms with E-state index in [1.54, 1.807) is 0 Å². The van der Waals surface area contributed by atoms with Crippen molar-refractivity contribution in [3.63, 3.8) is 0 Å². The fourth-order valence-electron chi connectivity index (χ4n) is 1.88. The van der Waals surface area contributed by atoms with Crippen molar-refractivity contribution in [1.29, 1.82) is 0 Å². The Balaban J connectivity index is 2.26. The van der Waals surface area contributed by atoms with Gasteiger partial charge in [-0.15, -0.1) is 0 Å². The van der Waals surface area contributed by atoms with E-state index in [1.807, 2.05) is 0 Å². The molecule has 102 valence electrons. The molecule has 0 spiro atoms. The minimum Gasteiger partial charge on any atom is -0.481 e. The highest BCUT2D eigenvalue weighted by atomic mass is 16.6. The predicted octanol–water partition coefficient (Wildman–Crippen LogP) is 0.689. The lowest BCUT2D eigenvalue weighted by Crippen LogP contribution is -2.44. The molecular formula is C11H14N4O4. The van der Waals surface area contributed by atoms with E-state index < -0.39 is 11.0 Å². The highest BCUT2D eigenvalue weighted by Gasteiger charge is 2.26. The molecule has 0 saturated carbocycles. The molecule has 1 aromatic heterocycles. The molecule has 1 amide bonds. The van der Waals surface area contributed by atoms with E-state index >= 15 is 0 Å². The number of nitrogens with one attached hydrogen (secondary N) is 2. The van der Waals surface area contributed by atoms with Gasteiger partial charge in [0.25, 0.3) is 0 Å². The zero-order chi connectivity index (χ0) is 13.8. The van der Waals surface area contributed by atoms with Gasteiger partial charge in [-0.1, -0.05) is 0 Å². The third-order valence-electron chi connectivity index (χ3n) is 2.85. The monoisotopic (exact) mass is 266 g/mol. The SMILES string of the molecule is COc1ccc([N+](=O)[O-])c(NC2CCCNC2=O)n1. The van der Waals surface area contributed by atoms with Crippen molar-refractivity contribution >= 4 is 17.4 Å². The topological polar surface area (TPSA) is 106 Å². The van der Waals surface area contributed by atoms with Crippen LogP contribution in [-0.2, 0) is 4.79 Å². The third-order valence-corrected chi connectivity index (χ3v) is 2.85. The maximum absolute atomic E-state index is 11.6. The second kappa shape index (κ2) is 5.51. The zero-order valence-electron chi connectivity index (χ0n) is 10.4. The average molecular weight is 266 g/mol. The molecule has 2 N–H and O–H groups in total. The minimum absolute atomic E-state index is 0.0476. The van der Waals surface area contributed by atoms with Gasteiger partial charge >= 0.3 is 5.69 Å². The summed E-state index contributed by atoms with van der Waals surface area (Å²) in [6.45, 7) is 0.630. The molecule has 0 aromatic carbocycles. The number of rotatable bonds is 4. The van der Waals surface area contributed by atoms with Crippen LogP contribution in [0.1, 0.15) is 12.8 Å². The van der Waals surface area contributed by atoms with Gasteiger partial charge in [0.2, 0.25) is 17.6 Å². The summed E-state index contributed by atoms with van der Waals surface area (Å²) in [7, 11) is 1.42. The van der Waals surface area contributed by atoms with Gasteiger partial charge in [0.15, 0.2) is 0 Å². The quantitative estimate of drug-likeness (QED) is 0.613. The maximum Gasteiger partial charge on any atom is 0.311 e. The number of aromatic nitrogens is 1. The number of piperidine rings is 1. The van der Waals surface area contributed by atoms with E-state index in [1.165, 1.54) is 19.2 Å². The lowest BCUT2D eigenvalue weighted by molar-refractivity contribution is -0.384. The molecule has 8 heteroatoms. The van der Waals surface area contributed by atoms with Crippen LogP contribution in [0, 0.1) is 10.1 Å². The van der Waals surface area contributed by atoms with Crippen molar-refractivity contribution in [1.82, 2.24) is 10.3 Å². The standard InChI is InChI=1S/C11H14N4O4/c1-19-9-5-4-8(15(17)18)10(14-9)13-7-3-2-6-12-11(7)16/h4-5,7H,2-3,6H2,1H3,(H,12,16)(H,13,14). The zero-order valence-corrected chi connectivity index (χ0v) is 10.4. The van der Waals surface area contributed by atoms with Crippen LogP contribution in [0.3, 0.4) is 0 Å². The first-order chi connectivity index (χ1) is 9.11. The Morgan fingerprint density at radius 1 is 1.58 bits per heavy atom. The molecule has 19 heavy (non-hydrogen) atoms. The van der Waals surface area contributed by atoms with Crippen molar-refractivity contribution in [2.45, 2.75) is 18.9 Å². The number of nitrogens with zero attached hydrogens (tertiary/aromatic N) is 2. The normalized spacial score (nSPS) is 18.6. The molecule has 1 aromatic rings. The summed E-state index contributed by atoms with van der Waals surface area (Å²) >= 11 is 0. The molecular weight excluding hydrogens is 252 g/mol.